The molecule has 2 saturated heterocycles. The molecule has 0 saturated carbocycles. The van der Waals surface area contributed by atoms with Crippen LogP contribution in [0.1, 0.15) is 19.8 Å². The number of nitrogens with zero attached hydrogens (tertiary/aromatic N) is 2. The zero-order valence-electron chi connectivity index (χ0n) is 14.0. The van der Waals surface area contributed by atoms with E-state index in [1.54, 1.807) is 11.3 Å². The van der Waals surface area contributed by atoms with Crippen LogP contribution in [0.15, 0.2) is 24.3 Å². The van der Waals surface area contributed by atoms with Crippen molar-refractivity contribution in [2.75, 3.05) is 31.1 Å². The number of rotatable bonds is 4. The number of aromatic nitrogens is 1. The van der Waals surface area contributed by atoms with E-state index in [2.05, 4.69) is 40.7 Å². The second-order valence-electron chi connectivity index (χ2n) is 6.94. The second kappa shape index (κ2) is 6.69. The second-order valence-corrected chi connectivity index (χ2v) is 7.95. The number of anilines is 1. The van der Waals surface area contributed by atoms with Crippen LogP contribution < -0.4 is 15.5 Å². The molecule has 0 radical (unpaired) electrons. The van der Waals surface area contributed by atoms with E-state index in [4.69, 9.17) is 4.98 Å². The standard InChI is InChI=1S/C18H24N4OS/c1-12(13-10-19-11-13)17(23)20-14-6-8-22(9-7-14)18-21-15-4-2-3-5-16(15)24-18/h2-5,12-14,19H,6-11H2,1H3,(H,20,23). The topological polar surface area (TPSA) is 57.3 Å². The maximum Gasteiger partial charge on any atom is 0.223 e. The fraction of sp³-hybridized carbons (Fsp3) is 0.556. The van der Waals surface area contributed by atoms with Crippen molar-refractivity contribution in [1.29, 1.82) is 0 Å². The van der Waals surface area contributed by atoms with Crippen molar-refractivity contribution in [1.82, 2.24) is 15.6 Å². The molecule has 1 amide bonds. The van der Waals surface area contributed by atoms with Crippen molar-refractivity contribution >= 4 is 32.6 Å². The summed E-state index contributed by atoms with van der Waals surface area (Å²) in [6.07, 6.45) is 1.99. The largest absolute Gasteiger partial charge is 0.353 e. The normalized spacial score (nSPS) is 20.8. The van der Waals surface area contributed by atoms with Gasteiger partial charge in [0.2, 0.25) is 5.91 Å². The molecule has 3 heterocycles. The molecule has 1 unspecified atom stereocenters. The van der Waals surface area contributed by atoms with Gasteiger partial charge in [-0.3, -0.25) is 4.79 Å². The summed E-state index contributed by atoms with van der Waals surface area (Å²) in [4.78, 5) is 19.4. The Labute approximate surface area is 146 Å². The predicted molar refractivity (Wildman–Crippen MR) is 98.5 cm³/mol. The highest BCUT2D eigenvalue weighted by Crippen LogP contribution is 2.30. The Morgan fingerprint density at radius 2 is 2.08 bits per heavy atom. The Kier molecular flexibility index (Phi) is 4.41. The van der Waals surface area contributed by atoms with Gasteiger partial charge in [-0.1, -0.05) is 30.4 Å². The molecule has 128 valence electrons. The highest BCUT2D eigenvalue weighted by atomic mass is 32.1. The van der Waals surface area contributed by atoms with E-state index in [0.29, 0.717) is 12.0 Å². The molecule has 0 aliphatic carbocycles. The lowest BCUT2D eigenvalue weighted by Crippen LogP contribution is -2.52. The predicted octanol–water partition coefficient (Wildman–Crippen LogP) is 2.24. The molecular formula is C18H24N4OS. The van der Waals surface area contributed by atoms with Crippen LogP contribution in [0.2, 0.25) is 0 Å². The van der Waals surface area contributed by atoms with Crippen LogP contribution in [-0.4, -0.2) is 43.1 Å². The summed E-state index contributed by atoms with van der Waals surface area (Å²) in [5.74, 6) is 0.848. The first-order valence-corrected chi connectivity index (χ1v) is 9.64. The molecule has 2 aliphatic heterocycles. The molecule has 2 aliphatic rings. The first kappa shape index (κ1) is 15.8. The van der Waals surface area contributed by atoms with Crippen molar-refractivity contribution in [3.8, 4) is 0 Å². The van der Waals surface area contributed by atoms with Gasteiger partial charge >= 0.3 is 0 Å². The Morgan fingerprint density at radius 1 is 1.33 bits per heavy atom. The number of nitrogens with one attached hydrogen (secondary N) is 2. The molecule has 24 heavy (non-hydrogen) atoms. The van der Waals surface area contributed by atoms with Gasteiger partial charge in [-0.05, 0) is 44.0 Å². The van der Waals surface area contributed by atoms with Crippen molar-refractivity contribution in [3.05, 3.63) is 24.3 Å². The van der Waals surface area contributed by atoms with E-state index >= 15 is 0 Å². The average Bonchev–Trinajstić information content (AvgIpc) is 2.98. The van der Waals surface area contributed by atoms with Gasteiger partial charge in [0, 0.05) is 25.0 Å². The van der Waals surface area contributed by atoms with Crippen molar-refractivity contribution < 1.29 is 4.79 Å². The Bertz CT molecular complexity index is 686. The molecule has 2 N–H and O–H groups in total. The first-order chi connectivity index (χ1) is 11.7. The number of thiazole rings is 1. The van der Waals surface area contributed by atoms with Crippen LogP contribution in [0.25, 0.3) is 10.2 Å². The van der Waals surface area contributed by atoms with E-state index in [0.717, 1.165) is 49.7 Å². The third kappa shape index (κ3) is 3.13. The maximum atomic E-state index is 12.4. The van der Waals surface area contributed by atoms with E-state index in [1.165, 1.54) is 4.70 Å². The van der Waals surface area contributed by atoms with Gasteiger partial charge in [0.15, 0.2) is 5.13 Å². The highest BCUT2D eigenvalue weighted by molar-refractivity contribution is 7.22. The first-order valence-electron chi connectivity index (χ1n) is 8.82. The van der Waals surface area contributed by atoms with Crippen LogP contribution in [0, 0.1) is 11.8 Å². The van der Waals surface area contributed by atoms with E-state index in [-0.39, 0.29) is 11.8 Å². The molecule has 0 spiro atoms. The van der Waals surface area contributed by atoms with E-state index in [1.807, 2.05) is 6.07 Å². The van der Waals surface area contributed by atoms with Gasteiger partial charge in [-0.2, -0.15) is 0 Å². The molecular weight excluding hydrogens is 320 g/mol. The summed E-state index contributed by atoms with van der Waals surface area (Å²) in [5, 5.41) is 7.61. The van der Waals surface area contributed by atoms with Crippen molar-refractivity contribution in [3.63, 3.8) is 0 Å². The third-order valence-electron chi connectivity index (χ3n) is 5.33. The number of hydrogen-bond donors (Lipinski definition) is 2. The number of carbonyl (C=O) groups excluding carboxylic acids is 1. The van der Waals surface area contributed by atoms with E-state index < -0.39 is 0 Å². The molecule has 2 fully saturated rings. The highest BCUT2D eigenvalue weighted by Gasteiger charge is 2.30. The zero-order chi connectivity index (χ0) is 16.5. The van der Waals surface area contributed by atoms with Crippen molar-refractivity contribution in [2.45, 2.75) is 25.8 Å². The molecule has 4 rings (SSSR count). The molecule has 2 aromatic rings. The summed E-state index contributed by atoms with van der Waals surface area (Å²) in [7, 11) is 0. The molecule has 0 bridgehead atoms. The molecule has 6 heteroatoms. The van der Waals surface area contributed by atoms with Crippen LogP contribution in [0.5, 0.6) is 0 Å². The molecule has 1 aromatic heterocycles. The lowest BCUT2D eigenvalue weighted by molar-refractivity contribution is -0.127. The van der Waals surface area contributed by atoms with Gasteiger partial charge < -0.3 is 15.5 Å². The monoisotopic (exact) mass is 344 g/mol. The quantitative estimate of drug-likeness (QED) is 0.893. The van der Waals surface area contributed by atoms with Crippen LogP contribution in [-0.2, 0) is 4.79 Å². The number of para-hydroxylation sites is 1. The minimum Gasteiger partial charge on any atom is -0.353 e. The van der Waals surface area contributed by atoms with Crippen LogP contribution in [0.4, 0.5) is 5.13 Å². The fourth-order valence-corrected chi connectivity index (χ4v) is 4.44. The van der Waals surface area contributed by atoms with Gasteiger partial charge in [0.05, 0.1) is 10.2 Å². The minimum atomic E-state index is 0.119. The lowest BCUT2D eigenvalue weighted by Gasteiger charge is -2.35. The Balaban J connectivity index is 1.32. The van der Waals surface area contributed by atoms with Crippen LogP contribution in [0.3, 0.4) is 0 Å². The number of fused-ring (bicyclic) bond motifs is 1. The smallest absolute Gasteiger partial charge is 0.223 e. The number of carbonyl (C=O) groups is 1. The number of benzene rings is 1. The van der Waals surface area contributed by atoms with E-state index in [9.17, 15) is 4.79 Å². The SMILES string of the molecule is CC(C(=O)NC1CCN(c2nc3ccccc3s2)CC1)C1CNC1. The van der Waals surface area contributed by atoms with Gasteiger partial charge in [0.25, 0.3) is 0 Å². The molecule has 5 nitrogen and oxygen atoms in total. The Morgan fingerprint density at radius 3 is 2.75 bits per heavy atom. The summed E-state index contributed by atoms with van der Waals surface area (Å²) < 4.78 is 1.24. The average molecular weight is 344 g/mol. The van der Waals surface area contributed by atoms with Gasteiger partial charge in [-0.25, -0.2) is 4.98 Å². The third-order valence-corrected chi connectivity index (χ3v) is 6.43. The fourth-order valence-electron chi connectivity index (χ4n) is 3.42. The number of amides is 1. The van der Waals surface area contributed by atoms with Gasteiger partial charge in [0.1, 0.15) is 0 Å². The lowest BCUT2D eigenvalue weighted by atomic mass is 9.88. The minimum absolute atomic E-state index is 0.119. The number of hydrogen-bond acceptors (Lipinski definition) is 5. The summed E-state index contributed by atoms with van der Waals surface area (Å²) in [6.45, 7) is 5.93. The Hall–Kier alpha value is -1.66. The summed E-state index contributed by atoms with van der Waals surface area (Å²) in [5.41, 5.74) is 1.08. The zero-order valence-corrected chi connectivity index (χ0v) is 14.8. The molecule has 1 atom stereocenters. The van der Waals surface area contributed by atoms with Gasteiger partial charge in [-0.15, -0.1) is 0 Å². The summed E-state index contributed by atoms with van der Waals surface area (Å²) >= 11 is 1.76. The molecule has 1 aromatic carbocycles. The number of piperidine rings is 1. The summed E-state index contributed by atoms with van der Waals surface area (Å²) in [6, 6.07) is 8.59. The van der Waals surface area contributed by atoms with Crippen LogP contribution >= 0.6 is 11.3 Å². The maximum absolute atomic E-state index is 12.4. The van der Waals surface area contributed by atoms with Crippen molar-refractivity contribution in [2.24, 2.45) is 11.8 Å².